The fourth-order valence-electron chi connectivity index (χ4n) is 4.29. The van der Waals surface area contributed by atoms with Crippen LogP contribution in [0.3, 0.4) is 0 Å². The summed E-state index contributed by atoms with van der Waals surface area (Å²) in [6.45, 7) is 7.07. The fraction of sp³-hybridized carbons (Fsp3) is 0.222. The van der Waals surface area contributed by atoms with Crippen molar-refractivity contribution in [2.75, 3.05) is 35.8 Å². The van der Waals surface area contributed by atoms with Crippen LogP contribution in [0.1, 0.15) is 21.5 Å². The molecule has 5 rings (SSSR count). The number of nitrogens with zero attached hydrogens (tertiary/aromatic N) is 4. The van der Waals surface area contributed by atoms with Gasteiger partial charge in [-0.3, -0.25) is 9.78 Å². The third-order valence-electron chi connectivity index (χ3n) is 6.19. The zero-order chi connectivity index (χ0) is 23.5. The number of para-hydroxylation sites is 1. The minimum atomic E-state index is 0.0814. The van der Waals surface area contributed by atoms with E-state index in [0.717, 1.165) is 57.1 Å². The Morgan fingerprint density at radius 3 is 2.44 bits per heavy atom. The Morgan fingerprint density at radius 1 is 0.882 bits per heavy atom. The number of fused-ring (bicyclic) bond motifs is 1. The molecule has 0 unspecified atom stereocenters. The van der Waals surface area contributed by atoms with Crippen LogP contribution in [0.25, 0.3) is 10.9 Å². The normalized spacial score (nSPS) is 13.8. The SMILES string of the molecule is Cc1cc(C(=O)N2CCN(c3ncccc3C)CC2)ccc1NSc1cccc2cccnc12. The molecule has 2 aromatic heterocycles. The smallest absolute Gasteiger partial charge is 0.253 e. The first-order valence-electron chi connectivity index (χ1n) is 11.4. The van der Waals surface area contributed by atoms with Gasteiger partial charge in [-0.15, -0.1) is 0 Å². The van der Waals surface area contributed by atoms with Crippen molar-refractivity contribution in [1.29, 1.82) is 0 Å². The van der Waals surface area contributed by atoms with Crippen molar-refractivity contribution in [2.24, 2.45) is 0 Å². The Bertz CT molecular complexity index is 1330. The van der Waals surface area contributed by atoms with Crippen LogP contribution >= 0.6 is 11.9 Å². The molecule has 3 heterocycles. The molecule has 0 saturated carbocycles. The van der Waals surface area contributed by atoms with E-state index in [-0.39, 0.29) is 5.91 Å². The second kappa shape index (κ2) is 9.73. The van der Waals surface area contributed by atoms with E-state index in [9.17, 15) is 4.79 Å². The van der Waals surface area contributed by atoms with Gasteiger partial charge in [-0.25, -0.2) is 4.98 Å². The van der Waals surface area contributed by atoms with Gasteiger partial charge in [0.1, 0.15) is 5.82 Å². The molecule has 1 aliphatic rings. The van der Waals surface area contributed by atoms with Crippen molar-refractivity contribution in [2.45, 2.75) is 18.7 Å². The predicted molar refractivity (Wildman–Crippen MR) is 139 cm³/mol. The highest BCUT2D eigenvalue weighted by Crippen LogP contribution is 2.29. The third kappa shape index (κ3) is 4.56. The second-order valence-corrected chi connectivity index (χ2v) is 9.34. The maximum absolute atomic E-state index is 13.2. The maximum Gasteiger partial charge on any atom is 0.253 e. The van der Waals surface area contributed by atoms with Crippen molar-refractivity contribution in [3.63, 3.8) is 0 Å². The van der Waals surface area contributed by atoms with Crippen LogP contribution in [0.4, 0.5) is 11.5 Å². The maximum atomic E-state index is 13.2. The molecule has 7 heteroatoms. The van der Waals surface area contributed by atoms with Gasteiger partial charge in [-0.2, -0.15) is 0 Å². The molecule has 0 aliphatic carbocycles. The highest BCUT2D eigenvalue weighted by Gasteiger charge is 2.23. The van der Waals surface area contributed by atoms with E-state index in [0.29, 0.717) is 13.1 Å². The number of pyridine rings is 2. The molecule has 0 radical (unpaired) electrons. The van der Waals surface area contributed by atoms with E-state index in [1.165, 1.54) is 11.9 Å². The lowest BCUT2D eigenvalue weighted by molar-refractivity contribution is 0.0746. The summed E-state index contributed by atoms with van der Waals surface area (Å²) in [7, 11) is 0. The number of amides is 1. The van der Waals surface area contributed by atoms with Crippen LogP contribution in [0.2, 0.25) is 0 Å². The summed E-state index contributed by atoms with van der Waals surface area (Å²) < 4.78 is 3.43. The van der Waals surface area contributed by atoms with Gasteiger partial charge in [-0.1, -0.05) is 24.3 Å². The minimum Gasteiger partial charge on any atom is -0.353 e. The van der Waals surface area contributed by atoms with Gasteiger partial charge in [0.05, 0.1) is 10.4 Å². The van der Waals surface area contributed by atoms with Crippen molar-refractivity contribution >= 4 is 40.3 Å². The van der Waals surface area contributed by atoms with Gasteiger partial charge in [0.15, 0.2) is 0 Å². The molecule has 2 aromatic carbocycles. The summed E-state index contributed by atoms with van der Waals surface area (Å²) in [5.74, 6) is 1.10. The number of nitrogens with one attached hydrogen (secondary N) is 1. The Labute approximate surface area is 204 Å². The van der Waals surface area contributed by atoms with E-state index in [1.807, 2.05) is 60.6 Å². The average molecular weight is 470 g/mol. The van der Waals surface area contributed by atoms with Crippen LogP contribution in [-0.2, 0) is 0 Å². The quantitative estimate of drug-likeness (QED) is 0.399. The van der Waals surface area contributed by atoms with Gasteiger partial charge in [0.2, 0.25) is 0 Å². The molecule has 0 bridgehead atoms. The monoisotopic (exact) mass is 469 g/mol. The number of hydrogen-bond donors (Lipinski definition) is 1. The number of aryl methyl sites for hydroxylation is 2. The van der Waals surface area contributed by atoms with Crippen LogP contribution in [0.5, 0.6) is 0 Å². The zero-order valence-electron chi connectivity index (χ0n) is 19.4. The van der Waals surface area contributed by atoms with Gasteiger partial charge < -0.3 is 14.5 Å². The third-order valence-corrected chi connectivity index (χ3v) is 7.06. The number of anilines is 2. The van der Waals surface area contributed by atoms with Crippen molar-refractivity contribution in [3.05, 3.63) is 89.7 Å². The standard InChI is InChI=1S/C27H27N5OS/c1-19-6-4-13-29-26(19)31-14-16-32(17-15-31)27(33)22-10-11-23(20(2)18-22)30-34-24-9-3-7-21-8-5-12-28-25(21)24/h3-13,18,30H,14-17H2,1-2H3. The van der Waals surface area contributed by atoms with E-state index in [2.05, 4.69) is 50.8 Å². The van der Waals surface area contributed by atoms with Crippen LogP contribution in [0, 0.1) is 13.8 Å². The number of rotatable bonds is 5. The molecule has 1 fully saturated rings. The molecule has 172 valence electrons. The molecular weight excluding hydrogens is 442 g/mol. The van der Waals surface area contributed by atoms with Gasteiger partial charge in [0, 0.05) is 55.2 Å². The highest BCUT2D eigenvalue weighted by molar-refractivity contribution is 8.00. The number of aromatic nitrogens is 2. The number of benzene rings is 2. The van der Waals surface area contributed by atoms with Crippen LogP contribution in [-0.4, -0.2) is 47.0 Å². The number of carbonyl (C=O) groups excluding carboxylic acids is 1. The Balaban J connectivity index is 1.23. The number of carbonyl (C=O) groups is 1. The van der Waals surface area contributed by atoms with E-state index in [1.54, 1.807) is 0 Å². The molecule has 1 saturated heterocycles. The fourth-order valence-corrected chi connectivity index (χ4v) is 5.15. The Kier molecular flexibility index (Phi) is 6.36. The van der Waals surface area contributed by atoms with E-state index >= 15 is 0 Å². The first-order valence-corrected chi connectivity index (χ1v) is 12.2. The van der Waals surface area contributed by atoms with Crippen molar-refractivity contribution in [1.82, 2.24) is 14.9 Å². The van der Waals surface area contributed by atoms with E-state index in [4.69, 9.17) is 0 Å². The zero-order valence-corrected chi connectivity index (χ0v) is 20.2. The number of piperazine rings is 1. The highest BCUT2D eigenvalue weighted by atomic mass is 32.2. The molecular formula is C27H27N5OS. The average Bonchev–Trinajstić information content (AvgIpc) is 2.88. The molecule has 0 atom stereocenters. The molecule has 1 aliphatic heterocycles. The van der Waals surface area contributed by atoms with E-state index < -0.39 is 0 Å². The summed E-state index contributed by atoms with van der Waals surface area (Å²) >= 11 is 1.54. The van der Waals surface area contributed by atoms with Crippen LogP contribution < -0.4 is 9.62 Å². The second-order valence-electron chi connectivity index (χ2n) is 8.49. The first kappa shape index (κ1) is 22.2. The van der Waals surface area contributed by atoms with Gasteiger partial charge in [0.25, 0.3) is 5.91 Å². The van der Waals surface area contributed by atoms with Gasteiger partial charge >= 0.3 is 0 Å². The van der Waals surface area contributed by atoms with Crippen molar-refractivity contribution in [3.8, 4) is 0 Å². The molecule has 6 nitrogen and oxygen atoms in total. The lowest BCUT2D eigenvalue weighted by Crippen LogP contribution is -2.49. The van der Waals surface area contributed by atoms with Crippen LogP contribution in [0.15, 0.2) is 78.0 Å². The molecule has 34 heavy (non-hydrogen) atoms. The minimum absolute atomic E-state index is 0.0814. The molecule has 1 N–H and O–H groups in total. The molecule has 0 spiro atoms. The van der Waals surface area contributed by atoms with Gasteiger partial charge in [-0.05, 0) is 73.3 Å². The lowest BCUT2D eigenvalue weighted by atomic mass is 10.1. The largest absolute Gasteiger partial charge is 0.353 e. The summed E-state index contributed by atoms with van der Waals surface area (Å²) in [6.07, 6.45) is 3.64. The predicted octanol–water partition coefficient (Wildman–Crippen LogP) is 5.33. The number of hydrogen-bond acceptors (Lipinski definition) is 6. The Hall–Kier alpha value is -3.58. The summed E-state index contributed by atoms with van der Waals surface area (Å²) in [5, 5.41) is 1.12. The lowest BCUT2D eigenvalue weighted by Gasteiger charge is -2.36. The summed E-state index contributed by atoms with van der Waals surface area (Å²) in [5.41, 5.74) is 4.90. The summed E-state index contributed by atoms with van der Waals surface area (Å²) in [6, 6.07) is 20.1. The van der Waals surface area contributed by atoms with Crippen molar-refractivity contribution < 1.29 is 4.79 Å². The Morgan fingerprint density at radius 2 is 1.65 bits per heavy atom. The topological polar surface area (TPSA) is 61.4 Å². The molecule has 1 amide bonds. The summed E-state index contributed by atoms with van der Waals surface area (Å²) in [4.78, 5) is 27.5. The molecule has 4 aromatic rings. The first-order chi connectivity index (χ1) is 16.6.